The maximum absolute atomic E-state index is 12.5. The molecule has 4 rings (SSSR count). The number of esters is 2. The van der Waals surface area contributed by atoms with E-state index in [1.54, 1.807) is 11.9 Å². The molecule has 4 aliphatic rings. The van der Waals surface area contributed by atoms with Gasteiger partial charge in [0.1, 0.15) is 0 Å². The van der Waals surface area contributed by atoms with Crippen LogP contribution in [0.15, 0.2) is 23.3 Å². The third-order valence-electron chi connectivity index (χ3n) is 5.94. The van der Waals surface area contributed by atoms with Crippen LogP contribution < -0.4 is 0 Å². The summed E-state index contributed by atoms with van der Waals surface area (Å²) in [6, 6.07) is 0. The highest BCUT2D eigenvalue weighted by Crippen LogP contribution is 2.65. The molecule has 0 aromatic rings. The Balaban J connectivity index is 2.27. The fourth-order valence-corrected chi connectivity index (χ4v) is 4.44. The zero-order valence-electron chi connectivity index (χ0n) is 13.3. The lowest BCUT2D eigenvalue weighted by Gasteiger charge is -2.70. The van der Waals surface area contributed by atoms with Gasteiger partial charge in [-0.25, -0.2) is 9.59 Å². The highest BCUT2D eigenvalue weighted by Gasteiger charge is 2.75. The lowest BCUT2D eigenvalue weighted by atomic mass is 9.43. The van der Waals surface area contributed by atoms with Crippen LogP contribution in [-0.4, -0.2) is 49.6 Å². The molecular formula is C16H19NO5. The van der Waals surface area contributed by atoms with E-state index in [1.165, 1.54) is 14.2 Å². The quantitative estimate of drug-likeness (QED) is 0.426. The molecule has 0 aromatic carbocycles. The fourth-order valence-electron chi connectivity index (χ4n) is 4.44. The standard InChI is InChI=1S/C16H19NO5/c1-15-8-6-7-9(16(15,2)17(3)14(15)20)11(13(19)22-5)10(8)12(18)21-4/h6-9H,1-5H3/t8-,9-,15+,16+/m1/s1. The Bertz CT molecular complexity index is 663. The Morgan fingerprint density at radius 2 is 1.50 bits per heavy atom. The number of carbonyl (C=O) groups is 3. The minimum Gasteiger partial charge on any atom is -0.466 e. The largest absolute Gasteiger partial charge is 0.466 e. The Kier molecular flexibility index (Phi) is 2.84. The van der Waals surface area contributed by atoms with Crippen LogP contribution in [0, 0.1) is 17.3 Å². The molecule has 0 N–H and O–H groups in total. The van der Waals surface area contributed by atoms with Crippen molar-refractivity contribution in [3.63, 3.8) is 0 Å². The molecule has 1 fully saturated rings. The SMILES string of the molecule is COC(=O)C1=C(C(=O)OC)[C@H]2C=C[C@H]1[C@@]1(C)C(=O)N(C)[C@@]21C. The average Bonchev–Trinajstić information content (AvgIpc) is 2.55. The van der Waals surface area contributed by atoms with Crippen molar-refractivity contribution in [3.05, 3.63) is 23.3 Å². The van der Waals surface area contributed by atoms with Gasteiger partial charge in [0.15, 0.2) is 0 Å². The summed E-state index contributed by atoms with van der Waals surface area (Å²) >= 11 is 0. The van der Waals surface area contributed by atoms with Gasteiger partial charge in [0.2, 0.25) is 5.91 Å². The van der Waals surface area contributed by atoms with E-state index in [2.05, 4.69) is 0 Å². The molecular weight excluding hydrogens is 286 g/mol. The molecule has 22 heavy (non-hydrogen) atoms. The molecule has 6 nitrogen and oxygen atoms in total. The van der Waals surface area contributed by atoms with Crippen LogP contribution in [0.5, 0.6) is 0 Å². The normalized spacial score (nSPS) is 38.6. The number of amides is 1. The first-order chi connectivity index (χ1) is 10.3. The van der Waals surface area contributed by atoms with Crippen molar-refractivity contribution >= 4 is 17.8 Å². The fraction of sp³-hybridized carbons (Fsp3) is 0.562. The highest BCUT2D eigenvalue weighted by atomic mass is 16.5. The van der Waals surface area contributed by atoms with E-state index in [-0.39, 0.29) is 17.4 Å². The van der Waals surface area contributed by atoms with E-state index < -0.39 is 28.8 Å². The van der Waals surface area contributed by atoms with Crippen molar-refractivity contribution < 1.29 is 23.9 Å². The minimum atomic E-state index is -0.748. The summed E-state index contributed by atoms with van der Waals surface area (Å²) < 4.78 is 9.72. The van der Waals surface area contributed by atoms with Gasteiger partial charge in [0.25, 0.3) is 0 Å². The first-order valence-electron chi connectivity index (χ1n) is 7.14. The van der Waals surface area contributed by atoms with Crippen LogP contribution >= 0.6 is 0 Å². The second-order valence-electron chi connectivity index (χ2n) is 6.36. The summed E-state index contributed by atoms with van der Waals surface area (Å²) in [5.74, 6) is -2.01. The van der Waals surface area contributed by atoms with Gasteiger partial charge in [-0.3, -0.25) is 4.79 Å². The summed E-state index contributed by atoms with van der Waals surface area (Å²) in [5.41, 5.74) is -0.739. The van der Waals surface area contributed by atoms with Gasteiger partial charge >= 0.3 is 11.9 Å². The van der Waals surface area contributed by atoms with Gasteiger partial charge in [0, 0.05) is 18.9 Å². The molecule has 3 aliphatic carbocycles. The number of likely N-dealkylation sites (tertiary alicyclic amines) is 1. The van der Waals surface area contributed by atoms with Gasteiger partial charge in [-0.2, -0.15) is 0 Å². The number of hydrogen-bond donors (Lipinski definition) is 0. The van der Waals surface area contributed by atoms with Crippen molar-refractivity contribution in [2.75, 3.05) is 21.3 Å². The van der Waals surface area contributed by atoms with Crippen LogP contribution in [0.4, 0.5) is 0 Å². The Morgan fingerprint density at radius 1 is 1.05 bits per heavy atom. The molecule has 118 valence electrons. The second-order valence-corrected chi connectivity index (χ2v) is 6.36. The zero-order valence-corrected chi connectivity index (χ0v) is 13.3. The smallest absolute Gasteiger partial charge is 0.334 e. The van der Waals surface area contributed by atoms with Gasteiger partial charge in [0.05, 0.1) is 36.3 Å². The molecule has 4 atom stereocenters. The number of hydrogen-bond acceptors (Lipinski definition) is 5. The zero-order chi connectivity index (χ0) is 16.4. The van der Waals surface area contributed by atoms with Crippen LogP contribution in [0.1, 0.15) is 13.8 Å². The van der Waals surface area contributed by atoms with E-state index in [0.29, 0.717) is 5.57 Å². The Labute approximate surface area is 128 Å². The average molecular weight is 305 g/mol. The third-order valence-corrected chi connectivity index (χ3v) is 5.94. The minimum absolute atomic E-state index is 0.0281. The number of β-lactam (4-membered cyclic amide) rings is 1. The maximum atomic E-state index is 12.5. The maximum Gasteiger partial charge on any atom is 0.334 e. The molecule has 0 aromatic heterocycles. The molecule has 2 bridgehead atoms. The van der Waals surface area contributed by atoms with Crippen LogP contribution in [0.2, 0.25) is 0 Å². The summed E-state index contributed by atoms with van der Waals surface area (Å²) in [6.45, 7) is 3.81. The molecule has 1 aliphatic heterocycles. The van der Waals surface area contributed by atoms with Crippen molar-refractivity contribution in [1.82, 2.24) is 4.90 Å². The van der Waals surface area contributed by atoms with E-state index in [9.17, 15) is 14.4 Å². The summed E-state index contributed by atoms with van der Waals surface area (Å²) in [6.07, 6.45) is 3.74. The van der Waals surface area contributed by atoms with Crippen molar-refractivity contribution in [1.29, 1.82) is 0 Å². The third kappa shape index (κ3) is 1.25. The van der Waals surface area contributed by atoms with Gasteiger partial charge in [-0.05, 0) is 13.8 Å². The molecule has 1 saturated heterocycles. The number of allylic oxidation sites excluding steroid dienone is 1. The molecule has 0 unspecified atom stereocenters. The van der Waals surface area contributed by atoms with E-state index in [4.69, 9.17) is 9.47 Å². The number of ether oxygens (including phenoxy) is 2. The number of methoxy groups -OCH3 is 2. The lowest BCUT2D eigenvalue weighted by molar-refractivity contribution is -0.200. The topological polar surface area (TPSA) is 72.9 Å². The van der Waals surface area contributed by atoms with Crippen molar-refractivity contribution in [2.45, 2.75) is 19.4 Å². The van der Waals surface area contributed by atoms with E-state index in [0.717, 1.165) is 0 Å². The van der Waals surface area contributed by atoms with Gasteiger partial charge in [-0.15, -0.1) is 0 Å². The Hall–Kier alpha value is -2.11. The molecule has 1 heterocycles. The van der Waals surface area contributed by atoms with E-state index in [1.807, 2.05) is 26.0 Å². The number of carbonyl (C=O) groups excluding carboxylic acids is 3. The molecule has 6 heteroatoms. The Morgan fingerprint density at radius 3 is 2.00 bits per heavy atom. The lowest BCUT2D eigenvalue weighted by Crippen LogP contribution is -2.81. The first kappa shape index (κ1) is 14.8. The predicted molar refractivity (Wildman–Crippen MR) is 76.5 cm³/mol. The summed E-state index contributed by atoms with van der Waals surface area (Å²) in [5, 5.41) is 0. The molecule has 0 saturated carbocycles. The number of nitrogens with zero attached hydrogens (tertiary/aromatic N) is 1. The first-order valence-corrected chi connectivity index (χ1v) is 7.14. The predicted octanol–water partition coefficient (Wildman–Crippen LogP) is 0.682. The number of rotatable bonds is 2. The van der Waals surface area contributed by atoms with Crippen LogP contribution in [-0.2, 0) is 23.9 Å². The highest BCUT2D eigenvalue weighted by molar-refractivity contribution is 6.07. The van der Waals surface area contributed by atoms with Gasteiger partial charge < -0.3 is 14.4 Å². The summed E-state index contributed by atoms with van der Waals surface area (Å²) in [7, 11) is 4.28. The second kappa shape index (κ2) is 4.21. The van der Waals surface area contributed by atoms with Crippen molar-refractivity contribution in [3.8, 4) is 0 Å². The molecule has 0 radical (unpaired) electrons. The van der Waals surface area contributed by atoms with Crippen LogP contribution in [0.3, 0.4) is 0 Å². The monoisotopic (exact) mass is 305 g/mol. The molecule has 1 amide bonds. The summed E-state index contributed by atoms with van der Waals surface area (Å²) in [4.78, 5) is 38.7. The van der Waals surface area contributed by atoms with E-state index >= 15 is 0 Å². The molecule has 0 spiro atoms. The van der Waals surface area contributed by atoms with Crippen LogP contribution in [0.25, 0.3) is 0 Å². The van der Waals surface area contributed by atoms with Crippen molar-refractivity contribution in [2.24, 2.45) is 17.3 Å². The van der Waals surface area contributed by atoms with Gasteiger partial charge in [-0.1, -0.05) is 12.2 Å².